The van der Waals surface area contributed by atoms with Crippen molar-refractivity contribution in [3.05, 3.63) is 54.1 Å². The van der Waals surface area contributed by atoms with Gasteiger partial charge >= 0.3 is 0 Å². The number of fused-ring (bicyclic) bond motifs is 1. The minimum absolute atomic E-state index is 0.400. The Balaban J connectivity index is 1.27. The molecule has 1 aromatic heterocycles. The first-order valence-electron chi connectivity index (χ1n) is 12.1. The van der Waals surface area contributed by atoms with Crippen LogP contribution in [0, 0.1) is 11.3 Å². The van der Waals surface area contributed by atoms with Gasteiger partial charge in [-0.15, -0.1) is 0 Å². The van der Waals surface area contributed by atoms with Crippen LogP contribution < -0.4 is 20.4 Å². The molecular weight excluding hydrogens is 422 g/mol. The normalized spacial score (nSPS) is 17.8. The Morgan fingerprint density at radius 3 is 2.35 bits per heavy atom. The Morgan fingerprint density at radius 2 is 1.65 bits per heavy atom. The van der Waals surface area contributed by atoms with Crippen molar-refractivity contribution in [2.24, 2.45) is 0 Å². The van der Waals surface area contributed by atoms with Crippen LogP contribution in [0.25, 0.3) is 10.9 Å². The standard InChI is InChI=1S/C27H35N7/c1-33(2)26-24-7-4-5-8-25(24)31-27(32-26)30-22-13-11-21(12-14-22)29-19-20-9-15-23(16-10-20)34(3)18-6-17-28/h4-5,7-10,15-16,21-22,29H,6,11-14,18-19H2,1-3H3,(H,30,31,32). The largest absolute Gasteiger partial charge is 0.374 e. The Labute approximate surface area is 202 Å². The summed E-state index contributed by atoms with van der Waals surface area (Å²) in [5, 5.41) is 17.2. The molecule has 2 aromatic carbocycles. The van der Waals surface area contributed by atoms with E-state index in [1.54, 1.807) is 0 Å². The van der Waals surface area contributed by atoms with Gasteiger partial charge in [-0.3, -0.25) is 0 Å². The number of nitriles is 1. The van der Waals surface area contributed by atoms with Crippen LogP contribution in [0.2, 0.25) is 0 Å². The van der Waals surface area contributed by atoms with Gasteiger partial charge in [-0.05, 0) is 55.5 Å². The van der Waals surface area contributed by atoms with E-state index in [1.807, 2.05) is 44.2 Å². The topological polar surface area (TPSA) is 80.1 Å². The van der Waals surface area contributed by atoms with Crippen molar-refractivity contribution in [2.45, 2.75) is 50.7 Å². The van der Waals surface area contributed by atoms with Crippen molar-refractivity contribution in [2.75, 3.05) is 42.8 Å². The molecule has 0 saturated heterocycles. The number of hydrogen-bond donors (Lipinski definition) is 2. The molecule has 0 aliphatic heterocycles. The first-order chi connectivity index (χ1) is 16.5. The third-order valence-electron chi connectivity index (χ3n) is 6.60. The van der Waals surface area contributed by atoms with E-state index in [2.05, 4.69) is 51.9 Å². The van der Waals surface area contributed by atoms with Crippen molar-refractivity contribution in [3.8, 4) is 6.07 Å². The molecule has 0 radical (unpaired) electrons. The molecule has 34 heavy (non-hydrogen) atoms. The number of anilines is 3. The van der Waals surface area contributed by atoms with Gasteiger partial charge in [0.1, 0.15) is 5.82 Å². The summed E-state index contributed by atoms with van der Waals surface area (Å²) in [5.41, 5.74) is 3.42. The lowest BCUT2D eigenvalue weighted by Crippen LogP contribution is -2.37. The number of nitrogens with one attached hydrogen (secondary N) is 2. The highest BCUT2D eigenvalue weighted by Crippen LogP contribution is 2.26. The molecule has 1 aliphatic rings. The van der Waals surface area contributed by atoms with Crippen molar-refractivity contribution < 1.29 is 0 Å². The fraction of sp³-hybridized carbons (Fsp3) is 0.444. The average Bonchev–Trinajstić information content (AvgIpc) is 2.86. The summed E-state index contributed by atoms with van der Waals surface area (Å²) in [6.07, 6.45) is 5.03. The van der Waals surface area contributed by atoms with Gasteiger partial charge in [0.05, 0.1) is 18.0 Å². The van der Waals surface area contributed by atoms with E-state index in [9.17, 15) is 0 Å². The highest BCUT2D eigenvalue weighted by molar-refractivity contribution is 5.90. The predicted molar refractivity (Wildman–Crippen MR) is 140 cm³/mol. The molecule has 4 rings (SSSR count). The number of rotatable bonds is 9. The zero-order chi connectivity index (χ0) is 23.9. The second kappa shape index (κ2) is 11.2. The minimum atomic E-state index is 0.400. The maximum Gasteiger partial charge on any atom is 0.225 e. The molecule has 7 nitrogen and oxygen atoms in total. The van der Waals surface area contributed by atoms with E-state index in [0.29, 0.717) is 18.5 Å². The van der Waals surface area contributed by atoms with Crippen molar-refractivity contribution in [1.82, 2.24) is 15.3 Å². The fourth-order valence-electron chi connectivity index (χ4n) is 4.57. The van der Waals surface area contributed by atoms with E-state index in [0.717, 1.165) is 67.1 Å². The van der Waals surface area contributed by atoms with Gasteiger partial charge in [0, 0.05) is 57.4 Å². The van der Waals surface area contributed by atoms with Gasteiger partial charge in [-0.1, -0.05) is 24.3 Å². The van der Waals surface area contributed by atoms with Crippen LogP contribution in [0.5, 0.6) is 0 Å². The van der Waals surface area contributed by atoms with Gasteiger partial charge in [-0.25, -0.2) is 4.98 Å². The lowest BCUT2D eigenvalue weighted by molar-refractivity contribution is 0.352. The zero-order valence-corrected chi connectivity index (χ0v) is 20.5. The summed E-state index contributed by atoms with van der Waals surface area (Å²) in [6.45, 7) is 1.64. The van der Waals surface area contributed by atoms with Crippen molar-refractivity contribution in [3.63, 3.8) is 0 Å². The summed E-state index contributed by atoms with van der Waals surface area (Å²) < 4.78 is 0. The molecule has 1 heterocycles. The van der Waals surface area contributed by atoms with Crippen LogP contribution in [-0.4, -0.2) is 49.7 Å². The minimum Gasteiger partial charge on any atom is -0.374 e. The Kier molecular flexibility index (Phi) is 7.81. The molecule has 0 bridgehead atoms. The van der Waals surface area contributed by atoms with Crippen molar-refractivity contribution >= 4 is 28.4 Å². The maximum atomic E-state index is 8.76. The van der Waals surface area contributed by atoms with E-state index < -0.39 is 0 Å². The molecule has 178 valence electrons. The summed E-state index contributed by atoms with van der Waals surface area (Å²) in [7, 11) is 6.08. The molecule has 7 heteroatoms. The summed E-state index contributed by atoms with van der Waals surface area (Å²) in [5.74, 6) is 1.67. The third kappa shape index (κ3) is 5.95. The zero-order valence-electron chi connectivity index (χ0n) is 20.5. The highest BCUT2D eigenvalue weighted by Gasteiger charge is 2.22. The van der Waals surface area contributed by atoms with E-state index in [4.69, 9.17) is 15.2 Å². The third-order valence-corrected chi connectivity index (χ3v) is 6.60. The van der Waals surface area contributed by atoms with Crippen LogP contribution in [0.1, 0.15) is 37.7 Å². The number of nitrogens with zero attached hydrogens (tertiary/aromatic N) is 5. The lowest BCUT2D eigenvalue weighted by atomic mass is 9.91. The molecule has 1 saturated carbocycles. The first kappa shape index (κ1) is 23.8. The SMILES string of the molecule is CN(C)c1nc(NC2CCC(NCc3ccc(N(C)CCC#N)cc3)CC2)nc2ccccc12. The second-order valence-electron chi connectivity index (χ2n) is 9.35. The molecule has 0 amide bonds. The highest BCUT2D eigenvalue weighted by atomic mass is 15.2. The van der Waals surface area contributed by atoms with Gasteiger partial charge in [0.2, 0.25) is 5.95 Å². The van der Waals surface area contributed by atoms with Gasteiger partial charge in [0.25, 0.3) is 0 Å². The average molecular weight is 458 g/mol. The van der Waals surface area contributed by atoms with Crippen molar-refractivity contribution in [1.29, 1.82) is 5.26 Å². The van der Waals surface area contributed by atoms with E-state index in [1.165, 1.54) is 5.56 Å². The monoisotopic (exact) mass is 457 g/mol. The number of para-hydroxylation sites is 1. The summed E-state index contributed by atoms with van der Waals surface area (Å²) >= 11 is 0. The van der Waals surface area contributed by atoms with E-state index in [-0.39, 0.29) is 0 Å². The molecule has 0 spiro atoms. The van der Waals surface area contributed by atoms with Gasteiger partial charge in [-0.2, -0.15) is 10.2 Å². The molecule has 1 aliphatic carbocycles. The Hall–Kier alpha value is -3.37. The Morgan fingerprint density at radius 1 is 0.941 bits per heavy atom. The van der Waals surface area contributed by atoms with Crippen LogP contribution in [0.3, 0.4) is 0 Å². The molecule has 0 atom stereocenters. The molecular formula is C27H35N7. The quantitative estimate of drug-likeness (QED) is 0.488. The van der Waals surface area contributed by atoms with Crippen LogP contribution in [0.4, 0.5) is 17.5 Å². The second-order valence-corrected chi connectivity index (χ2v) is 9.35. The van der Waals surface area contributed by atoms with Crippen LogP contribution in [0.15, 0.2) is 48.5 Å². The summed E-state index contributed by atoms with van der Waals surface area (Å²) in [6, 6.07) is 20.0. The van der Waals surface area contributed by atoms with E-state index >= 15 is 0 Å². The summed E-state index contributed by atoms with van der Waals surface area (Å²) in [4.78, 5) is 13.7. The number of aromatic nitrogens is 2. The predicted octanol–water partition coefficient (Wildman–Crippen LogP) is 4.56. The lowest BCUT2D eigenvalue weighted by Gasteiger charge is -2.30. The van der Waals surface area contributed by atoms with Gasteiger partial charge in [0.15, 0.2) is 0 Å². The smallest absolute Gasteiger partial charge is 0.225 e. The first-order valence-corrected chi connectivity index (χ1v) is 12.1. The fourth-order valence-corrected chi connectivity index (χ4v) is 4.57. The Bertz CT molecular complexity index is 1110. The maximum absolute atomic E-state index is 8.76. The molecule has 1 fully saturated rings. The molecule has 2 N–H and O–H groups in total. The number of hydrogen-bond acceptors (Lipinski definition) is 7. The number of benzene rings is 2. The molecule has 0 unspecified atom stereocenters. The van der Waals surface area contributed by atoms with Crippen LogP contribution in [-0.2, 0) is 6.54 Å². The van der Waals surface area contributed by atoms with Gasteiger partial charge < -0.3 is 20.4 Å². The molecule has 3 aromatic rings. The van der Waals surface area contributed by atoms with Crippen LogP contribution >= 0.6 is 0 Å².